The zero-order chi connectivity index (χ0) is 51.8. The van der Waals surface area contributed by atoms with Crippen molar-refractivity contribution in [3.63, 3.8) is 0 Å². The lowest BCUT2D eigenvalue weighted by Crippen LogP contribution is -2.28. The van der Waals surface area contributed by atoms with E-state index >= 15 is 0 Å². The molecule has 0 aliphatic heterocycles. The second-order valence-electron chi connectivity index (χ2n) is 13.2. The molecule has 11 rings (SSSR count). The number of thiophene rings is 1. The van der Waals surface area contributed by atoms with E-state index in [9.17, 15) is 12.3 Å². The number of hydrogen-bond acceptors (Lipinski definition) is 3. The first-order valence-corrected chi connectivity index (χ1v) is 18.5. The van der Waals surface area contributed by atoms with Crippen molar-refractivity contribution in [3.05, 3.63) is 228 Å². The SMILES string of the molecule is [2H]c1c([2H])c([2H])c(C2(c3c([2H])c([2H])c([2H])c([2H])c3[2H])c3c([2H])c([2H])c([2H])c([2H])c3-c3c([2H])c([2H])c(-c4ccccc4-c4cc(-c5cccc6c5sc5ccccc56)nc(-c5ccccc5)n4)c([2H])c32)c([2H])c1[2H]. The summed E-state index contributed by atoms with van der Waals surface area (Å²) in [6.07, 6.45) is 0. The Labute approximate surface area is 354 Å². The van der Waals surface area contributed by atoms with Crippen molar-refractivity contribution in [2.45, 2.75) is 5.41 Å². The van der Waals surface area contributed by atoms with Crippen LogP contribution in [0.4, 0.5) is 0 Å². The second-order valence-corrected chi connectivity index (χ2v) is 14.2. The minimum absolute atomic E-state index is 0.129. The molecule has 2 aromatic heterocycles. The minimum atomic E-state index is -2.93. The van der Waals surface area contributed by atoms with Crippen LogP contribution in [-0.2, 0) is 5.41 Å². The summed E-state index contributed by atoms with van der Waals surface area (Å²) in [5, 5.41) is 2.09. The van der Waals surface area contributed by atoms with E-state index in [0.717, 1.165) is 25.7 Å². The van der Waals surface area contributed by atoms with Crippen LogP contribution in [0.3, 0.4) is 0 Å². The van der Waals surface area contributed by atoms with E-state index < -0.39 is 142 Å². The lowest BCUT2D eigenvalue weighted by atomic mass is 9.67. The smallest absolute Gasteiger partial charge is 0.160 e. The molecule has 0 saturated carbocycles. The Kier molecular flexibility index (Phi) is 4.59. The van der Waals surface area contributed by atoms with Crippen LogP contribution >= 0.6 is 11.3 Å². The van der Waals surface area contributed by atoms with Gasteiger partial charge in [-0.2, -0.15) is 0 Å². The molecule has 0 amide bonds. The molecule has 2 nitrogen and oxygen atoms in total. The van der Waals surface area contributed by atoms with Gasteiger partial charge < -0.3 is 0 Å². The molecule has 0 bridgehead atoms. The molecule has 3 heteroatoms. The van der Waals surface area contributed by atoms with Crippen LogP contribution in [0.1, 0.15) is 45.6 Å². The van der Waals surface area contributed by atoms with Gasteiger partial charge in [0, 0.05) is 36.9 Å². The molecule has 262 valence electrons. The fourth-order valence-corrected chi connectivity index (χ4v) is 8.95. The van der Waals surface area contributed by atoms with Crippen molar-refractivity contribution in [2.24, 2.45) is 0 Å². The van der Waals surface area contributed by atoms with Gasteiger partial charge in [-0.15, -0.1) is 11.3 Å². The summed E-state index contributed by atoms with van der Waals surface area (Å²) >= 11 is 1.60. The van der Waals surface area contributed by atoms with E-state index in [1.165, 1.54) is 0 Å². The summed E-state index contributed by atoms with van der Waals surface area (Å²) in [4.78, 5) is 10.2. The largest absolute Gasteiger partial charge is 0.228 e. The van der Waals surface area contributed by atoms with Crippen molar-refractivity contribution in [3.8, 4) is 56.2 Å². The van der Waals surface area contributed by atoms with Crippen LogP contribution in [0.2, 0.25) is 0 Å². The van der Waals surface area contributed by atoms with Gasteiger partial charge in [0.05, 0.1) is 40.1 Å². The predicted molar refractivity (Wildman–Crippen MR) is 234 cm³/mol. The first kappa shape index (κ1) is 19.6. The van der Waals surface area contributed by atoms with Crippen molar-refractivity contribution in [1.82, 2.24) is 9.97 Å². The molecular formula is C53H34N2S. The van der Waals surface area contributed by atoms with Crippen molar-refractivity contribution in [2.75, 3.05) is 0 Å². The number of nitrogens with zero attached hydrogens (tertiary/aromatic N) is 2. The van der Waals surface area contributed by atoms with Gasteiger partial charge in [0.1, 0.15) is 0 Å². The molecule has 0 fully saturated rings. The van der Waals surface area contributed by atoms with Gasteiger partial charge in [-0.3, -0.25) is 0 Å². The third-order valence-electron chi connectivity index (χ3n) is 10.2. The monoisotopic (exact) mass is 747 g/mol. The third kappa shape index (κ3) is 5.02. The van der Waals surface area contributed by atoms with Gasteiger partial charge in [-0.05, 0) is 62.7 Å². The number of hydrogen-bond donors (Lipinski definition) is 0. The lowest BCUT2D eigenvalue weighted by Gasteiger charge is -2.34. The quantitative estimate of drug-likeness (QED) is 0.169. The van der Waals surface area contributed by atoms with Crippen molar-refractivity contribution in [1.29, 1.82) is 0 Å². The highest BCUT2D eigenvalue weighted by molar-refractivity contribution is 7.26. The third-order valence-corrected chi connectivity index (χ3v) is 11.4. The summed E-state index contributed by atoms with van der Waals surface area (Å²) in [5.74, 6) is 0.327. The Morgan fingerprint density at radius 1 is 0.446 bits per heavy atom. The number of benzene rings is 8. The Balaban J connectivity index is 1.30. The average Bonchev–Trinajstić information content (AvgIpc) is 3.97. The molecule has 10 aromatic rings. The molecular weight excluding hydrogens is 697 g/mol. The molecule has 0 radical (unpaired) electrons. The molecule has 0 saturated heterocycles. The van der Waals surface area contributed by atoms with Crippen LogP contribution in [0.5, 0.6) is 0 Å². The van der Waals surface area contributed by atoms with Gasteiger partial charge in [-0.25, -0.2) is 9.97 Å². The molecule has 0 N–H and O–H groups in total. The van der Waals surface area contributed by atoms with E-state index in [4.69, 9.17) is 20.9 Å². The second kappa shape index (κ2) is 13.1. The van der Waals surface area contributed by atoms with Crippen LogP contribution in [0.15, 0.2) is 206 Å². The molecule has 1 aliphatic carbocycles. The Hall–Kier alpha value is -6.94. The molecule has 0 spiro atoms. The highest BCUT2D eigenvalue weighted by Gasteiger charge is 2.46. The van der Waals surface area contributed by atoms with Gasteiger partial charge in [0.25, 0.3) is 0 Å². The van der Waals surface area contributed by atoms with Crippen LogP contribution in [-0.4, -0.2) is 9.97 Å². The van der Waals surface area contributed by atoms with Gasteiger partial charge in [-0.1, -0.05) is 188 Å². The zero-order valence-corrected chi connectivity index (χ0v) is 29.9. The maximum Gasteiger partial charge on any atom is 0.160 e. The topological polar surface area (TPSA) is 25.8 Å². The highest BCUT2D eigenvalue weighted by Crippen LogP contribution is 2.57. The summed E-state index contributed by atoms with van der Waals surface area (Å²) in [7, 11) is 0. The van der Waals surface area contributed by atoms with E-state index in [1.54, 1.807) is 41.7 Å². The minimum Gasteiger partial charge on any atom is -0.228 e. The van der Waals surface area contributed by atoms with E-state index in [2.05, 4.69) is 6.07 Å². The molecule has 0 unspecified atom stereocenters. The maximum absolute atomic E-state index is 10.5. The lowest BCUT2D eigenvalue weighted by molar-refractivity contribution is 0.769. The Morgan fingerprint density at radius 3 is 1.84 bits per heavy atom. The Bertz CT molecular complexity index is 3950. The van der Waals surface area contributed by atoms with Crippen molar-refractivity contribution < 1.29 is 23.3 Å². The maximum atomic E-state index is 10.5. The fourth-order valence-electron chi connectivity index (χ4n) is 7.73. The summed E-state index contributed by atoms with van der Waals surface area (Å²) in [6, 6.07) is 16.9. The van der Waals surface area contributed by atoms with E-state index in [1.807, 2.05) is 66.7 Å². The van der Waals surface area contributed by atoms with Gasteiger partial charge in [0.2, 0.25) is 0 Å². The first-order chi connectivity index (χ1) is 34.8. The van der Waals surface area contributed by atoms with Crippen LogP contribution in [0.25, 0.3) is 76.3 Å². The Morgan fingerprint density at radius 2 is 1.05 bits per heavy atom. The molecule has 56 heavy (non-hydrogen) atoms. The molecule has 8 aromatic carbocycles. The first-order valence-electron chi connectivity index (χ1n) is 26.2. The number of rotatable bonds is 6. The fraction of sp³-hybridized carbons (Fsp3) is 0.0189. The summed E-state index contributed by atoms with van der Waals surface area (Å²) < 4.78 is 160. The molecule has 1 aliphatic rings. The standard InChI is InChI=1S/C53H34N2S/c1-4-17-35(18-5-1)52-54-48(34-49(55-52)45-28-16-27-44-43-26-13-15-30-50(43)56-51(44)45)42-25-11-10-23-39(42)36-31-32-41-40-24-12-14-29-46(40)53(47(41)33-36,37-19-6-2-7-20-37)38-21-8-3-9-22-38/h1-34H/i2D,3D,6D,7D,8D,9D,12D,14D,19D,20D,21D,22D,24D,29D,31D,32D,33D. The molecule has 0 atom stereocenters. The van der Waals surface area contributed by atoms with E-state index in [-0.39, 0.29) is 11.1 Å². The number of aromatic nitrogens is 2. The highest BCUT2D eigenvalue weighted by atomic mass is 32.1. The summed E-state index contributed by atoms with van der Waals surface area (Å²) in [6.45, 7) is 0. The normalized spacial score (nSPS) is 17.0. The zero-order valence-electron chi connectivity index (χ0n) is 46.1. The average molecular weight is 748 g/mol. The summed E-state index contributed by atoms with van der Waals surface area (Å²) in [5.41, 5.74) is -4.22. The number of fused-ring (bicyclic) bond motifs is 6. The van der Waals surface area contributed by atoms with E-state index in [0.29, 0.717) is 28.3 Å². The van der Waals surface area contributed by atoms with Crippen LogP contribution in [0, 0.1) is 0 Å². The van der Waals surface area contributed by atoms with Crippen LogP contribution < -0.4 is 0 Å². The van der Waals surface area contributed by atoms with Crippen molar-refractivity contribution >= 4 is 31.5 Å². The predicted octanol–water partition coefficient (Wildman–Crippen LogP) is 13.9. The van der Waals surface area contributed by atoms with Gasteiger partial charge in [0.15, 0.2) is 5.82 Å². The molecule has 2 heterocycles. The van der Waals surface area contributed by atoms with Gasteiger partial charge >= 0.3 is 0 Å².